The zero-order valence-corrected chi connectivity index (χ0v) is 15.2. The van der Waals surface area contributed by atoms with Crippen molar-refractivity contribution in [1.82, 2.24) is 14.8 Å². The molecule has 24 heavy (non-hydrogen) atoms. The zero-order valence-electron chi connectivity index (χ0n) is 14.4. The topological polar surface area (TPSA) is 60.9 Å². The Bertz CT molecular complexity index is 928. The maximum Gasteiger partial charge on any atom is 0.336 e. The van der Waals surface area contributed by atoms with Gasteiger partial charge in [0, 0.05) is 23.8 Å². The molecule has 0 spiro atoms. The van der Waals surface area contributed by atoms with Gasteiger partial charge in [0.25, 0.3) is 0 Å². The van der Waals surface area contributed by atoms with E-state index < -0.39 is 0 Å². The largest absolute Gasteiger partial charge is 0.423 e. The van der Waals surface area contributed by atoms with Crippen LogP contribution >= 0.6 is 11.8 Å². The molecule has 126 valence electrons. The molecule has 1 aromatic carbocycles. The summed E-state index contributed by atoms with van der Waals surface area (Å²) in [4.78, 5) is 11.9. The summed E-state index contributed by atoms with van der Waals surface area (Å²) in [5.74, 6) is 1.08. The Labute approximate surface area is 145 Å². The van der Waals surface area contributed by atoms with Gasteiger partial charge >= 0.3 is 5.63 Å². The average molecular weight is 343 g/mol. The van der Waals surface area contributed by atoms with Crippen LogP contribution < -0.4 is 5.63 Å². The van der Waals surface area contributed by atoms with Crippen LogP contribution in [0.15, 0.2) is 38.9 Å². The highest BCUT2D eigenvalue weighted by molar-refractivity contribution is 7.98. The van der Waals surface area contributed by atoms with Crippen LogP contribution in [-0.4, -0.2) is 14.8 Å². The van der Waals surface area contributed by atoms with E-state index >= 15 is 0 Å². The van der Waals surface area contributed by atoms with Crippen LogP contribution in [0, 0.1) is 6.92 Å². The van der Waals surface area contributed by atoms with Gasteiger partial charge in [-0.1, -0.05) is 25.6 Å². The fraction of sp³-hybridized carbons (Fsp3) is 0.389. The maximum atomic E-state index is 11.9. The van der Waals surface area contributed by atoms with Crippen LogP contribution in [0.3, 0.4) is 0 Å². The summed E-state index contributed by atoms with van der Waals surface area (Å²) < 4.78 is 7.39. The summed E-state index contributed by atoms with van der Waals surface area (Å²) in [7, 11) is 0. The first-order valence-electron chi connectivity index (χ1n) is 8.07. The van der Waals surface area contributed by atoms with Gasteiger partial charge in [0.2, 0.25) is 0 Å². The lowest BCUT2D eigenvalue weighted by Crippen LogP contribution is -2.02. The summed E-state index contributed by atoms with van der Waals surface area (Å²) in [6.07, 6.45) is 1.72. The number of aromatic nitrogens is 3. The normalized spacial score (nSPS) is 11.5. The van der Waals surface area contributed by atoms with Crippen LogP contribution in [0.2, 0.25) is 0 Å². The Balaban J connectivity index is 2.03. The van der Waals surface area contributed by atoms with Gasteiger partial charge in [-0.25, -0.2) is 4.79 Å². The molecule has 0 saturated heterocycles. The number of aryl methyl sites for hydroxylation is 2. The summed E-state index contributed by atoms with van der Waals surface area (Å²) in [5.41, 5.74) is 3.73. The van der Waals surface area contributed by atoms with Gasteiger partial charge in [-0.15, -0.1) is 10.2 Å². The summed E-state index contributed by atoms with van der Waals surface area (Å²) in [6.45, 7) is 9.28. The van der Waals surface area contributed by atoms with E-state index in [4.69, 9.17) is 4.42 Å². The van der Waals surface area contributed by atoms with Crippen LogP contribution in [-0.2, 0) is 12.3 Å². The minimum Gasteiger partial charge on any atom is -0.423 e. The lowest BCUT2D eigenvalue weighted by Gasteiger charge is -2.13. The molecule has 0 unspecified atom stereocenters. The van der Waals surface area contributed by atoms with Gasteiger partial charge in [-0.3, -0.25) is 0 Å². The zero-order chi connectivity index (χ0) is 17.3. The SMILES string of the molecule is CCn1cnnc1SCc1cc(=O)oc2cc(C)c(C(C)C)cc12. The van der Waals surface area contributed by atoms with Crippen molar-refractivity contribution in [3.05, 3.63) is 51.6 Å². The smallest absolute Gasteiger partial charge is 0.336 e. The van der Waals surface area contributed by atoms with E-state index in [0.717, 1.165) is 28.2 Å². The molecule has 0 N–H and O–H groups in total. The molecule has 2 aromatic heterocycles. The predicted octanol–water partition coefficient (Wildman–Crippen LogP) is 4.13. The molecule has 0 fully saturated rings. The van der Waals surface area contributed by atoms with Crippen molar-refractivity contribution in [3.8, 4) is 0 Å². The van der Waals surface area contributed by atoms with Gasteiger partial charge in [0.1, 0.15) is 11.9 Å². The Kier molecular flexibility index (Phi) is 4.76. The number of fused-ring (bicyclic) bond motifs is 1. The fourth-order valence-corrected chi connectivity index (χ4v) is 3.82. The number of nitrogens with zero attached hydrogens (tertiary/aromatic N) is 3. The molecule has 0 amide bonds. The van der Waals surface area contributed by atoms with Gasteiger partial charge in [-0.2, -0.15) is 0 Å². The highest BCUT2D eigenvalue weighted by atomic mass is 32.2. The van der Waals surface area contributed by atoms with Crippen molar-refractivity contribution < 1.29 is 4.42 Å². The van der Waals surface area contributed by atoms with Gasteiger partial charge in [0.05, 0.1) is 0 Å². The van der Waals surface area contributed by atoms with Crippen molar-refractivity contribution in [1.29, 1.82) is 0 Å². The molecule has 0 radical (unpaired) electrons. The van der Waals surface area contributed by atoms with Gasteiger partial charge in [0.15, 0.2) is 5.16 Å². The second kappa shape index (κ2) is 6.81. The Morgan fingerprint density at radius 2 is 2.08 bits per heavy atom. The van der Waals surface area contributed by atoms with Crippen LogP contribution in [0.1, 0.15) is 43.4 Å². The molecule has 0 atom stereocenters. The minimum atomic E-state index is -0.313. The molecular formula is C18H21N3O2S. The molecule has 0 saturated carbocycles. The third-order valence-corrected chi connectivity index (χ3v) is 5.15. The molecule has 3 aromatic rings. The third kappa shape index (κ3) is 3.24. The van der Waals surface area contributed by atoms with Crippen molar-refractivity contribution in [2.45, 2.75) is 51.1 Å². The first-order chi connectivity index (χ1) is 11.5. The van der Waals surface area contributed by atoms with E-state index in [1.807, 2.05) is 10.6 Å². The van der Waals surface area contributed by atoms with E-state index in [2.05, 4.69) is 44.0 Å². The first-order valence-corrected chi connectivity index (χ1v) is 9.06. The lowest BCUT2D eigenvalue weighted by atomic mass is 9.95. The number of thioether (sulfide) groups is 1. The van der Waals surface area contributed by atoms with E-state index in [1.54, 1.807) is 24.2 Å². The highest BCUT2D eigenvalue weighted by Gasteiger charge is 2.12. The Hall–Kier alpha value is -2.08. The van der Waals surface area contributed by atoms with Crippen molar-refractivity contribution in [2.75, 3.05) is 0 Å². The molecule has 6 heteroatoms. The molecule has 2 heterocycles. The molecule has 0 aliphatic rings. The van der Waals surface area contributed by atoms with Crippen molar-refractivity contribution in [3.63, 3.8) is 0 Å². The number of hydrogen-bond acceptors (Lipinski definition) is 5. The van der Waals surface area contributed by atoms with Crippen molar-refractivity contribution in [2.24, 2.45) is 0 Å². The maximum absolute atomic E-state index is 11.9. The van der Waals surface area contributed by atoms with Gasteiger partial charge in [-0.05, 0) is 48.6 Å². The van der Waals surface area contributed by atoms with Gasteiger partial charge < -0.3 is 8.98 Å². The summed E-state index contributed by atoms with van der Waals surface area (Å²) in [6, 6.07) is 5.70. The van der Waals surface area contributed by atoms with Crippen molar-refractivity contribution >= 4 is 22.7 Å². The Morgan fingerprint density at radius 1 is 1.29 bits per heavy atom. The number of rotatable bonds is 5. The Morgan fingerprint density at radius 3 is 2.79 bits per heavy atom. The predicted molar refractivity (Wildman–Crippen MR) is 96.6 cm³/mol. The highest BCUT2D eigenvalue weighted by Crippen LogP contribution is 2.29. The van der Waals surface area contributed by atoms with Crippen LogP contribution in [0.4, 0.5) is 0 Å². The van der Waals surface area contributed by atoms with E-state index in [1.165, 1.54) is 5.56 Å². The van der Waals surface area contributed by atoms with E-state index in [0.29, 0.717) is 17.3 Å². The second-order valence-corrected chi connectivity index (χ2v) is 7.08. The van der Waals surface area contributed by atoms with E-state index in [9.17, 15) is 4.79 Å². The minimum absolute atomic E-state index is 0.313. The quantitative estimate of drug-likeness (QED) is 0.515. The third-order valence-electron chi connectivity index (χ3n) is 4.12. The van der Waals surface area contributed by atoms with Crippen LogP contribution in [0.5, 0.6) is 0 Å². The molecule has 0 aliphatic heterocycles. The second-order valence-electron chi connectivity index (χ2n) is 6.14. The average Bonchev–Trinajstić information content (AvgIpc) is 2.98. The fourth-order valence-electron chi connectivity index (χ4n) is 2.85. The molecule has 0 bridgehead atoms. The molecule has 5 nitrogen and oxygen atoms in total. The molecule has 3 rings (SSSR count). The summed E-state index contributed by atoms with van der Waals surface area (Å²) >= 11 is 1.58. The summed E-state index contributed by atoms with van der Waals surface area (Å²) in [5, 5.41) is 9.94. The number of benzene rings is 1. The standard InChI is InChI=1S/C18H21N3O2S/c1-5-21-10-19-20-18(21)24-9-13-7-17(22)23-16-6-12(4)14(11(2)3)8-15(13)16/h6-8,10-11H,5,9H2,1-4H3. The molecule has 0 aliphatic carbocycles. The van der Waals surface area contributed by atoms with Crippen LogP contribution in [0.25, 0.3) is 11.0 Å². The first kappa shape index (κ1) is 16.8. The lowest BCUT2D eigenvalue weighted by molar-refractivity contribution is 0.559. The monoisotopic (exact) mass is 343 g/mol. The number of hydrogen-bond donors (Lipinski definition) is 0. The molecular weight excluding hydrogens is 322 g/mol. The van der Waals surface area contributed by atoms with E-state index in [-0.39, 0.29) is 5.63 Å².